The second-order valence-electron chi connectivity index (χ2n) is 2.44. The zero-order valence-electron chi connectivity index (χ0n) is 6.60. The molecule has 0 saturated carbocycles. The van der Waals surface area contributed by atoms with Gasteiger partial charge in [0.05, 0.1) is 0 Å². The molecule has 11 heavy (non-hydrogen) atoms. The van der Waals surface area contributed by atoms with Crippen molar-refractivity contribution in [3.05, 3.63) is 42.2 Å². The molecule has 0 unspecified atom stereocenters. The molecule has 0 nitrogen and oxygen atoms in total. The van der Waals surface area contributed by atoms with Crippen molar-refractivity contribution in [3.8, 4) is 0 Å². The maximum atomic E-state index is 13.0. The maximum absolute atomic E-state index is 13.0. The molecular weight excluding hydrogens is 139 g/mol. The number of hydrogen-bond acceptors (Lipinski definition) is 0. The summed E-state index contributed by atoms with van der Waals surface area (Å²) in [4.78, 5) is 0. The van der Waals surface area contributed by atoms with E-state index < -0.39 is 0 Å². The van der Waals surface area contributed by atoms with Crippen molar-refractivity contribution in [1.29, 1.82) is 0 Å². The highest BCUT2D eigenvalue weighted by Crippen LogP contribution is 2.18. The molecule has 1 heteroatoms. The number of halogens is 1. The van der Waals surface area contributed by atoms with Crippen LogP contribution in [0.5, 0.6) is 0 Å². The van der Waals surface area contributed by atoms with E-state index in [1.807, 2.05) is 13.0 Å². The Morgan fingerprint density at radius 3 is 2.64 bits per heavy atom. The van der Waals surface area contributed by atoms with Gasteiger partial charge in [0.2, 0.25) is 0 Å². The van der Waals surface area contributed by atoms with Gasteiger partial charge in [-0.05, 0) is 18.1 Å². The van der Waals surface area contributed by atoms with E-state index in [0.717, 1.165) is 12.0 Å². The highest BCUT2D eigenvalue weighted by molar-refractivity contribution is 5.63. The van der Waals surface area contributed by atoms with Crippen LogP contribution >= 0.6 is 0 Å². The Morgan fingerprint density at radius 2 is 2.09 bits per heavy atom. The zero-order chi connectivity index (χ0) is 8.27. The first kappa shape index (κ1) is 7.99. The summed E-state index contributed by atoms with van der Waals surface area (Å²) in [6.07, 6.45) is 0.793. The third-order valence-electron chi connectivity index (χ3n) is 1.68. The lowest BCUT2D eigenvalue weighted by Crippen LogP contribution is -1.85. The standard InChI is InChI=1S/C10H11F/c1-3-8(2)9-6-4-5-7-10(9)11/h4-7H,2-3H2,1H3. The first-order chi connectivity index (χ1) is 5.25. The summed E-state index contributed by atoms with van der Waals surface area (Å²) in [6, 6.07) is 6.71. The summed E-state index contributed by atoms with van der Waals surface area (Å²) >= 11 is 0. The predicted octanol–water partition coefficient (Wildman–Crippen LogP) is 3.25. The summed E-state index contributed by atoms with van der Waals surface area (Å²) < 4.78 is 13.0. The van der Waals surface area contributed by atoms with Crippen LogP contribution in [0.2, 0.25) is 0 Å². The summed E-state index contributed by atoms with van der Waals surface area (Å²) in [5.41, 5.74) is 1.48. The third kappa shape index (κ3) is 1.67. The summed E-state index contributed by atoms with van der Waals surface area (Å²) in [5.74, 6) is -0.181. The predicted molar refractivity (Wildman–Crippen MR) is 45.7 cm³/mol. The van der Waals surface area contributed by atoms with Gasteiger partial charge in [0.15, 0.2) is 0 Å². The normalized spacial score (nSPS) is 9.64. The minimum absolute atomic E-state index is 0.181. The fourth-order valence-corrected chi connectivity index (χ4v) is 0.938. The van der Waals surface area contributed by atoms with Gasteiger partial charge in [-0.3, -0.25) is 0 Å². The van der Waals surface area contributed by atoms with E-state index in [0.29, 0.717) is 5.56 Å². The number of hydrogen-bond donors (Lipinski definition) is 0. The van der Waals surface area contributed by atoms with E-state index in [9.17, 15) is 4.39 Å². The first-order valence-corrected chi connectivity index (χ1v) is 3.68. The van der Waals surface area contributed by atoms with Gasteiger partial charge >= 0.3 is 0 Å². The van der Waals surface area contributed by atoms with E-state index in [-0.39, 0.29) is 5.82 Å². The Bertz CT molecular complexity index is 263. The Hall–Kier alpha value is -1.11. The Labute approximate surface area is 66.4 Å². The molecule has 0 aromatic heterocycles. The molecule has 0 N–H and O–H groups in total. The van der Waals surface area contributed by atoms with Gasteiger partial charge in [-0.15, -0.1) is 0 Å². The summed E-state index contributed by atoms with van der Waals surface area (Å²) in [6.45, 7) is 5.73. The highest BCUT2D eigenvalue weighted by atomic mass is 19.1. The van der Waals surface area contributed by atoms with Crippen molar-refractivity contribution in [2.45, 2.75) is 13.3 Å². The molecule has 0 amide bonds. The van der Waals surface area contributed by atoms with E-state index >= 15 is 0 Å². The van der Waals surface area contributed by atoms with Gasteiger partial charge in [0.1, 0.15) is 5.82 Å². The van der Waals surface area contributed by atoms with Gasteiger partial charge in [-0.2, -0.15) is 0 Å². The monoisotopic (exact) mass is 150 g/mol. The minimum Gasteiger partial charge on any atom is -0.206 e. The fraction of sp³-hybridized carbons (Fsp3) is 0.200. The molecule has 0 fully saturated rings. The lowest BCUT2D eigenvalue weighted by molar-refractivity contribution is 0.623. The van der Waals surface area contributed by atoms with Crippen LogP contribution in [0.3, 0.4) is 0 Å². The molecule has 1 rings (SSSR count). The molecular formula is C10H11F. The van der Waals surface area contributed by atoms with Crippen molar-refractivity contribution in [1.82, 2.24) is 0 Å². The van der Waals surface area contributed by atoms with Crippen LogP contribution < -0.4 is 0 Å². The minimum atomic E-state index is -0.181. The van der Waals surface area contributed by atoms with Gasteiger partial charge in [-0.25, -0.2) is 4.39 Å². The maximum Gasteiger partial charge on any atom is 0.130 e. The molecule has 58 valence electrons. The molecule has 0 aliphatic carbocycles. The van der Waals surface area contributed by atoms with Crippen LogP contribution in [-0.2, 0) is 0 Å². The van der Waals surface area contributed by atoms with Crippen molar-refractivity contribution < 1.29 is 4.39 Å². The largest absolute Gasteiger partial charge is 0.206 e. The van der Waals surface area contributed by atoms with Crippen LogP contribution in [0.15, 0.2) is 30.8 Å². The topological polar surface area (TPSA) is 0 Å². The Kier molecular flexibility index (Phi) is 2.42. The van der Waals surface area contributed by atoms with Crippen molar-refractivity contribution >= 4 is 5.57 Å². The third-order valence-corrected chi connectivity index (χ3v) is 1.68. The highest BCUT2D eigenvalue weighted by Gasteiger charge is 2.01. The second kappa shape index (κ2) is 3.33. The lowest BCUT2D eigenvalue weighted by Gasteiger charge is -2.02. The first-order valence-electron chi connectivity index (χ1n) is 3.68. The van der Waals surface area contributed by atoms with Gasteiger partial charge in [0.25, 0.3) is 0 Å². The second-order valence-corrected chi connectivity index (χ2v) is 2.44. The van der Waals surface area contributed by atoms with Crippen LogP contribution in [0.25, 0.3) is 5.57 Å². The van der Waals surface area contributed by atoms with Crippen LogP contribution in [0.4, 0.5) is 4.39 Å². The molecule has 0 spiro atoms. The van der Waals surface area contributed by atoms with Gasteiger partial charge in [0, 0.05) is 5.56 Å². The molecule has 1 aromatic rings. The SMILES string of the molecule is C=C(CC)c1ccccc1F. The van der Waals surface area contributed by atoms with Crippen molar-refractivity contribution in [2.75, 3.05) is 0 Å². The molecule has 0 saturated heterocycles. The molecule has 1 aromatic carbocycles. The Morgan fingerprint density at radius 1 is 1.45 bits per heavy atom. The molecule has 0 bridgehead atoms. The number of allylic oxidation sites excluding steroid dienone is 1. The van der Waals surface area contributed by atoms with Crippen LogP contribution in [0.1, 0.15) is 18.9 Å². The summed E-state index contributed by atoms with van der Waals surface area (Å²) in [7, 11) is 0. The van der Waals surface area contributed by atoms with Crippen molar-refractivity contribution in [2.24, 2.45) is 0 Å². The smallest absolute Gasteiger partial charge is 0.130 e. The molecule has 0 aliphatic rings. The quantitative estimate of drug-likeness (QED) is 0.607. The fourth-order valence-electron chi connectivity index (χ4n) is 0.938. The summed E-state index contributed by atoms with van der Waals surface area (Å²) in [5, 5.41) is 0. The van der Waals surface area contributed by atoms with Gasteiger partial charge in [-0.1, -0.05) is 31.7 Å². The number of benzene rings is 1. The molecule has 0 radical (unpaired) electrons. The van der Waals surface area contributed by atoms with Crippen molar-refractivity contribution in [3.63, 3.8) is 0 Å². The number of rotatable bonds is 2. The van der Waals surface area contributed by atoms with E-state index in [1.165, 1.54) is 6.07 Å². The molecule has 0 aliphatic heterocycles. The Balaban J connectivity index is 3.03. The van der Waals surface area contributed by atoms with E-state index in [1.54, 1.807) is 12.1 Å². The van der Waals surface area contributed by atoms with E-state index in [2.05, 4.69) is 6.58 Å². The van der Waals surface area contributed by atoms with Crippen LogP contribution in [-0.4, -0.2) is 0 Å². The average Bonchev–Trinajstić information content (AvgIpc) is 2.04. The van der Waals surface area contributed by atoms with Crippen LogP contribution in [0, 0.1) is 5.82 Å². The molecule has 0 heterocycles. The lowest BCUT2D eigenvalue weighted by atomic mass is 10.1. The average molecular weight is 150 g/mol. The zero-order valence-corrected chi connectivity index (χ0v) is 6.60. The molecule has 0 atom stereocenters. The van der Waals surface area contributed by atoms with E-state index in [4.69, 9.17) is 0 Å². The van der Waals surface area contributed by atoms with Gasteiger partial charge < -0.3 is 0 Å².